The molecule has 0 bridgehead atoms. The molecule has 0 saturated heterocycles. The zero-order valence-corrected chi connectivity index (χ0v) is 13.7. The van der Waals surface area contributed by atoms with Gasteiger partial charge in [-0.05, 0) is 41.4 Å². The lowest BCUT2D eigenvalue weighted by molar-refractivity contribution is -0.121. The van der Waals surface area contributed by atoms with E-state index in [4.69, 9.17) is 0 Å². The Balaban J connectivity index is 2.68. The zero-order chi connectivity index (χ0) is 15.1. The normalized spacial score (nSPS) is 11.8. The van der Waals surface area contributed by atoms with Crippen molar-refractivity contribution in [2.75, 3.05) is 11.4 Å². The maximum absolute atomic E-state index is 11.8. The third-order valence-electron chi connectivity index (χ3n) is 3.11. The molecule has 0 aliphatic carbocycles. The number of benzene rings is 1. The quantitative estimate of drug-likeness (QED) is 0.864. The van der Waals surface area contributed by atoms with E-state index < -0.39 is 0 Å². The first-order valence-electron chi connectivity index (χ1n) is 6.77. The van der Waals surface area contributed by atoms with Gasteiger partial charge in [-0.3, -0.25) is 9.59 Å². The number of nitrogens with one attached hydrogen (secondary N) is 1. The Labute approximate surface area is 128 Å². The third kappa shape index (κ3) is 4.96. The molecule has 0 spiro atoms. The van der Waals surface area contributed by atoms with E-state index in [1.165, 1.54) is 6.92 Å². The van der Waals surface area contributed by atoms with Gasteiger partial charge in [0.2, 0.25) is 11.8 Å². The largest absolute Gasteiger partial charge is 0.354 e. The fourth-order valence-corrected chi connectivity index (χ4v) is 2.28. The molecule has 0 heterocycles. The Morgan fingerprint density at radius 3 is 2.55 bits per heavy atom. The molecule has 0 aliphatic rings. The summed E-state index contributed by atoms with van der Waals surface area (Å²) in [7, 11) is 0. The lowest BCUT2D eigenvalue weighted by Crippen LogP contribution is -2.37. The van der Waals surface area contributed by atoms with Crippen LogP contribution in [0.3, 0.4) is 0 Å². The van der Waals surface area contributed by atoms with Gasteiger partial charge in [-0.15, -0.1) is 0 Å². The topological polar surface area (TPSA) is 49.4 Å². The minimum atomic E-state index is -0.0757. The summed E-state index contributed by atoms with van der Waals surface area (Å²) in [5, 5.41) is 2.90. The van der Waals surface area contributed by atoms with Crippen molar-refractivity contribution in [2.24, 2.45) is 0 Å². The Bertz CT molecular complexity index is 477. The highest BCUT2D eigenvalue weighted by Crippen LogP contribution is 2.25. The number of halogens is 1. The van der Waals surface area contributed by atoms with Crippen molar-refractivity contribution in [3.05, 3.63) is 28.7 Å². The van der Waals surface area contributed by atoms with E-state index in [9.17, 15) is 9.59 Å². The van der Waals surface area contributed by atoms with Crippen LogP contribution in [0, 0.1) is 0 Å². The molecule has 110 valence electrons. The van der Waals surface area contributed by atoms with Gasteiger partial charge in [0.15, 0.2) is 0 Å². The zero-order valence-electron chi connectivity index (χ0n) is 12.1. The van der Waals surface area contributed by atoms with Crippen LogP contribution in [-0.4, -0.2) is 24.4 Å². The highest BCUT2D eigenvalue weighted by Gasteiger charge is 2.16. The molecule has 0 aliphatic heterocycles. The maximum Gasteiger partial charge on any atom is 0.223 e. The van der Waals surface area contributed by atoms with Crippen LogP contribution in [0.4, 0.5) is 5.69 Å². The second-order valence-electron chi connectivity index (χ2n) is 4.75. The molecule has 0 saturated carbocycles. The number of anilines is 1. The second kappa shape index (κ2) is 8.04. The maximum atomic E-state index is 11.8. The van der Waals surface area contributed by atoms with Gasteiger partial charge < -0.3 is 10.2 Å². The Morgan fingerprint density at radius 2 is 2.00 bits per heavy atom. The van der Waals surface area contributed by atoms with Crippen molar-refractivity contribution in [1.29, 1.82) is 0 Å². The monoisotopic (exact) mass is 340 g/mol. The van der Waals surface area contributed by atoms with Gasteiger partial charge in [0.05, 0.1) is 5.69 Å². The van der Waals surface area contributed by atoms with Crippen LogP contribution < -0.4 is 10.2 Å². The molecule has 1 atom stereocenters. The van der Waals surface area contributed by atoms with Crippen LogP contribution in [0.25, 0.3) is 0 Å². The van der Waals surface area contributed by atoms with Crippen molar-refractivity contribution in [3.63, 3.8) is 0 Å². The average molecular weight is 341 g/mol. The van der Waals surface area contributed by atoms with E-state index >= 15 is 0 Å². The smallest absolute Gasteiger partial charge is 0.223 e. The summed E-state index contributed by atoms with van der Waals surface area (Å²) in [6, 6.07) is 7.66. The van der Waals surface area contributed by atoms with Crippen LogP contribution in [0.2, 0.25) is 0 Å². The fourth-order valence-electron chi connectivity index (χ4n) is 1.78. The molecule has 1 rings (SSSR count). The van der Waals surface area contributed by atoms with Gasteiger partial charge in [-0.1, -0.05) is 19.1 Å². The molecule has 0 fully saturated rings. The molecule has 4 nitrogen and oxygen atoms in total. The van der Waals surface area contributed by atoms with Gasteiger partial charge in [0.25, 0.3) is 0 Å². The van der Waals surface area contributed by atoms with E-state index in [2.05, 4.69) is 21.2 Å². The molecule has 5 heteroatoms. The van der Waals surface area contributed by atoms with Crippen molar-refractivity contribution >= 4 is 33.4 Å². The molecular formula is C15H21BrN2O2. The minimum Gasteiger partial charge on any atom is -0.354 e. The number of hydrogen-bond acceptors (Lipinski definition) is 2. The summed E-state index contributed by atoms with van der Waals surface area (Å²) in [6.45, 7) is 5.87. The Morgan fingerprint density at radius 1 is 1.35 bits per heavy atom. The van der Waals surface area contributed by atoms with Crippen molar-refractivity contribution in [1.82, 2.24) is 5.32 Å². The standard InChI is InChI=1S/C15H21BrN2O2/c1-4-11(2)17-15(20)9-10-18(12(3)19)14-8-6-5-7-13(14)16/h5-8,11H,4,9-10H2,1-3H3,(H,17,20). The summed E-state index contributed by atoms with van der Waals surface area (Å²) >= 11 is 3.43. The number of amides is 2. The lowest BCUT2D eigenvalue weighted by atomic mass is 10.2. The summed E-state index contributed by atoms with van der Waals surface area (Å²) in [4.78, 5) is 25.2. The third-order valence-corrected chi connectivity index (χ3v) is 3.78. The van der Waals surface area contributed by atoms with Crippen molar-refractivity contribution < 1.29 is 9.59 Å². The first-order chi connectivity index (χ1) is 9.45. The first-order valence-corrected chi connectivity index (χ1v) is 7.57. The molecule has 0 aromatic heterocycles. The molecule has 1 N–H and O–H groups in total. The highest BCUT2D eigenvalue weighted by atomic mass is 79.9. The second-order valence-corrected chi connectivity index (χ2v) is 5.60. The Hall–Kier alpha value is -1.36. The predicted octanol–water partition coefficient (Wildman–Crippen LogP) is 3.11. The summed E-state index contributed by atoms with van der Waals surface area (Å²) in [5.74, 6) is -0.106. The highest BCUT2D eigenvalue weighted by molar-refractivity contribution is 9.10. The van der Waals surface area contributed by atoms with E-state index in [0.717, 1.165) is 16.6 Å². The van der Waals surface area contributed by atoms with Crippen molar-refractivity contribution in [3.8, 4) is 0 Å². The van der Waals surface area contributed by atoms with E-state index in [1.807, 2.05) is 38.1 Å². The van der Waals surface area contributed by atoms with E-state index in [-0.39, 0.29) is 17.9 Å². The SMILES string of the molecule is CCC(C)NC(=O)CCN(C(C)=O)c1ccccc1Br. The first kappa shape index (κ1) is 16.7. The Kier molecular flexibility index (Phi) is 6.71. The van der Waals surface area contributed by atoms with E-state index in [0.29, 0.717) is 13.0 Å². The summed E-state index contributed by atoms with van der Waals surface area (Å²) in [6.07, 6.45) is 1.19. The minimum absolute atomic E-state index is 0.0300. The molecule has 2 amide bonds. The van der Waals surface area contributed by atoms with Crippen molar-refractivity contribution in [2.45, 2.75) is 39.7 Å². The number of carbonyl (C=O) groups is 2. The average Bonchev–Trinajstić information content (AvgIpc) is 2.40. The summed E-state index contributed by atoms with van der Waals surface area (Å²) < 4.78 is 0.845. The van der Waals surface area contributed by atoms with Crippen LogP contribution in [0.1, 0.15) is 33.6 Å². The van der Waals surface area contributed by atoms with Gasteiger partial charge in [-0.2, -0.15) is 0 Å². The number of nitrogens with zero attached hydrogens (tertiary/aromatic N) is 1. The molecular weight excluding hydrogens is 320 g/mol. The van der Waals surface area contributed by atoms with E-state index in [1.54, 1.807) is 4.90 Å². The number of carbonyl (C=O) groups excluding carboxylic acids is 2. The van der Waals surface area contributed by atoms with Gasteiger partial charge in [0.1, 0.15) is 0 Å². The van der Waals surface area contributed by atoms with Crippen LogP contribution >= 0.6 is 15.9 Å². The van der Waals surface area contributed by atoms with Gasteiger partial charge >= 0.3 is 0 Å². The molecule has 1 aromatic rings. The molecule has 1 unspecified atom stereocenters. The number of hydrogen-bond donors (Lipinski definition) is 1. The molecule has 20 heavy (non-hydrogen) atoms. The van der Waals surface area contributed by atoms with Gasteiger partial charge in [0, 0.05) is 30.4 Å². The van der Waals surface area contributed by atoms with Crippen LogP contribution in [0.5, 0.6) is 0 Å². The van der Waals surface area contributed by atoms with Crippen LogP contribution in [-0.2, 0) is 9.59 Å². The summed E-state index contributed by atoms with van der Waals surface area (Å²) in [5.41, 5.74) is 0.788. The van der Waals surface area contributed by atoms with Gasteiger partial charge in [-0.25, -0.2) is 0 Å². The molecule has 1 aromatic carbocycles. The fraction of sp³-hybridized carbons (Fsp3) is 0.467. The lowest BCUT2D eigenvalue weighted by Gasteiger charge is -2.22. The number of rotatable bonds is 6. The number of para-hydroxylation sites is 1. The molecule has 0 radical (unpaired) electrons. The van der Waals surface area contributed by atoms with Crippen LogP contribution in [0.15, 0.2) is 28.7 Å². The predicted molar refractivity (Wildman–Crippen MR) is 84.7 cm³/mol.